The molecule has 0 saturated carbocycles. The summed E-state index contributed by atoms with van der Waals surface area (Å²) in [5, 5.41) is 8.39. The number of nitrogens with zero attached hydrogens (tertiary/aromatic N) is 4. The molecule has 2 aromatic heterocycles. The third-order valence-electron chi connectivity index (χ3n) is 2.71. The Bertz CT molecular complexity index is 746. The third-order valence-corrected chi connectivity index (χ3v) is 2.71. The molecule has 0 unspecified atom stereocenters. The van der Waals surface area contributed by atoms with Gasteiger partial charge in [-0.1, -0.05) is 6.58 Å². The minimum Gasteiger partial charge on any atom is -0.345 e. The molecule has 0 aliphatic heterocycles. The van der Waals surface area contributed by atoms with Crippen molar-refractivity contribution in [2.45, 2.75) is 13.0 Å². The Labute approximate surface area is 107 Å². The van der Waals surface area contributed by atoms with Crippen LogP contribution in [0, 0.1) is 0 Å². The van der Waals surface area contributed by atoms with E-state index in [0.29, 0.717) is 0 Å². The number of rotatable bonds is 4. The topological polar surface area (TPSA) is 99.2 Å². The van der Waals surface area contributed by atoms with Crippen LogP contribution in [0.4, 0.5) is 0 Å². The van der Waals surface area contributed by atoms with E-state index in [9.17, 15) is 9.59 Å². The van der Waals surface area contributed by atoms with Crippen LogP contribution in [0.15, 0.2) is 34.3 Å². The van der Waals surface area contributed by atoms with Gasteiger partial charge in [-0.3, -0.25) is 13.9 Å². The van der Waals surface area contributed by atoms with Crippen LogP contribution in [0.5, 0.6) is 0 Å². The summed E-state index contributed by atoms with van der Waals surface area (Å²) >= 11 is 0. The number of hydrogen-bond donors (Lipinski definition) is 1. The summed E-state index contributed by atoms with van der Waals surface area (Å²) in [5.74, 6) is 0.0631. The summed E-state index contributed by atoms with van der Waals surface area (Å²) < 4.78 is 2.24. The first-order valence-corrected chi connectivity index (χ1v) is 5.46. The van der Waals surface area contributed by atoms with E-state index in [2.05, 4.69) is 21.4 Å². The number of allylic oxidation sites excluding steroid dienone is 1. The van der Waals surface area contributed by atoms with Crippen LogP contribution >= 0.6 is 0 Å². The van der Waals surface area contributed by atoms with Gasteiger partial charge in [-0.15, -0.1) is 0 Å². The van der Waals surface area contributed by atoms with Crippen LogP contribution in [0.3, 0.4) is 0 Å². The molecule has 2 heterocycles. The number of aryl methyl sites for hydroxylation is 1. The molecule has 19 heavy (non-hydrogen) atoms. The van der Waals surface area contributed by atoms with Gasteiger partial charge in [0.15, 0.2) is 11.2 Å². The molecule has 0 aliphatic carbocycles. The maximum absolute atomic E-state index is 12.1. The molecule has 100 valence electrons. The Balaban J connectivity index is 2.59. The monoisotopic (exact) mass is 264 g/mol. The van der Waals surface area contributed by atoms with Crippen molar-refractivity contribution in [2.24, 2.45) is 7.05 Å². The van der Waals surface area contributed by atoms with Crippen molar-refractivity contribution in [3.8, 4) is 0 Å². The normalized spacial score (nSPS) is 10.6. The van der Waals surface area contributed by atoms with Crippen LogP contribution in [0.1, 0.15) is 6.42 Å². The molecule has 0 fully saturated rings. The summed E-state index contributed by atoms with van der Waals surface area (Å²) in [6.07, 6.45) is 2.93. The summed E-state index contributed by atoms with van der Waals surface area (Å²) in [6, 6.07) is 0. The fourth-order valence-electron chi connectivity index (χ4n) is 1.69. The van der Waals surface area contributed by atoms with E-state index in [-0.39, 0.29) is 29.9 Å². The molecule has 0 aromatic carbocycles. The Morgan fingerprint density at radius 3 is 2.79 bits per heavy atom. The first-order chi connectivity index (χ1) is 9.06. The molecule has 0 atom stereocenters. The highest BCUT2D eigenvalue weighted by Crippen LogP contribution is 2.01. The van der Waals surface area contributed by atoms with Crippen molar-refractivity contribution in [3.05, 3.63) is 45.6 Å². The molecule has 0 bridgehead atoms. The predicted molar refractivity (Wildman–Crippen MR) is 66.5 cm³/mol. The molecule has 8 heteroatoms. The van der Waals surface area contributed by atoms with Gasteiger partial charge >= 0.3 is 5.69 Å². The minimum absolute atomic E-state index is 0.0391. The first kappa shape index (κ1) is 13.0. The Morgan fingerprint density at radius 1 is 1.42 bits per heavy atom. The van der Waals surface area contributed by atoms with E-state index in [1.807, 2.05) is 0 Å². The molecule has 0 radical (unpaired) electrons. The molecule has 1 N–H and O–H groups in total. The zero-order chi connectivity index (χ0) is 14.0. The Morgan fingerprint density at radius 2 is 2.11 bits per heavy atom. The maximum atomic E-state index is 12.1. The van der Waals surface area contributed by atoms with Crippen molar-refractivity contribution in [1.29, 1.82) is 0 Å². The second kappa shape index (κ2) is 5.02. The maximum Gasteiger partial charge on any atom is 0.332 e. The van der Waals surface area contributed by atoms with E-state index >= 15 is 0 Å². The number of fused-ring (bicyclic) bond motifs is 1. The van der Waals surface area contributed by atoms with Gasteiger partial charge in [0, 0.05) is 32.4 Å². The molecular weight excluding hydrogens is 252 g/mol. The van der Waals surface area contributed by atoms with Crippen molar-refractivity contribution in [2.75, 3.05) is 0 Å². The molecule has 0 spiro atoms. The van der Waals surface area contributed by atoms with Gasteiger partial charge < -0.3 is 4.89 Å². The van der Waals surface area contributed by atoms with E-state index in [1.54, 1.807) is 0 Å². The third kappa shape index (κ3) is 2.25. The smallest absolute Gasteiger partial charge is 0.332 e. The highest BCUT2D eigenvalue weighted by molar-refractivity contribution is 5.67. The van der Waals surface area contributed by atoms with Gasteiger partial charge in [0.2, 0.25) is 0 Å². The Kier molecular flexibility index (Phi) is 3.43. The van der Waals surface area contributed by atoms with Crippen LogP contribution < -0.4 is 11.2 Å². The standard InChI is InChI=1S/C11H12N4O4/c1-7(19-18)3-6-15-10(16)8-9(13-5-4-12-8)14(2)11(15)17/h4-5,18H,1,3,6H2,2H3. The molecule has 8 nitrogen and oxygen atoms in total. The van der Waals surface area contributed by atoms with E-state index in [1.165, 1.54) is 24.0 Å². The lowest BCUT2D eigenvalue weighted by Crippen LogP contribution is -2.39. The average Bonchev–Trinajstić information content (AvgIpc) is 2.44. The SMILES string of the molecule is C=C(CCn1c(=O)c2nccnc2n(C)c1=O)OO. The minimum atomic E-state index is -0.531. The van der Waals surface area contributed by atoms with E-state index in [4.69, 9.17) is 5.26 Å². The average molecular weight is 264 g/mol. The van der Waals surface area contributed by atoms with E-state index < -0.39 is 11.2 Å². The van der Waals surface area contributed by atoms with Gasteiger partial charge in [0.05, 0.1) is 0 Å². The lowest BCUT2D eigenvalue weighted by molar-refractivity contribution is -0.205. The quantitative estimate of drug-likeness (QED) is 0.469. The molecule has 0 saturated heterocycles. The fraction of sp³-hybridized carbons (Fsp3) is 0.273. The molecule has 2 aromatic rings. The zero-order valence-corrected chi connectivity index (χ0v) is 10.2. The zero-order valence-electron chi connectivity index (χ0n) is 10.2. The lowest BCUT2D eigenvalue weighted by atomic mass is 10.3. The molecule has 0 amide bonds. The molecule has 0 aliphatic rings. The van der Waals surface area contributed by atoms with Crippen LogP contribution in [0.25, 0.3) is 11.2 Å². The van der Waals surface area contributed by atoms with E-state index in [0.717, 1.165) is 4.57 Å². The second-order valence-electron chi connectivity index (χ2n) is 3.91. The van der Waals surface area contributed by atoms with Crippen LogP contribution in [0.2, 0.25) is 0 Å². The summed E-state index contributed by atoms with van der Waals surface area (Å²) in [6.45, 7) is 3.45. The van der Waals surface area contributed by atoms with Gasteiger partial charge in [0.25, 0.3) is 5.56 Å². The van der Waals surface area contributed by atoms with Gasteiger partial charge in [-0.2, -0.15) is 0 Å². The van der Waals surface area contributed by atoms with Crippen LogP contribution in [-0.2, 0) is 18.5 Å². The predicted octanol–water partition coefficient (Wildman–Crippen LogP) is -0.116. The largest absolute Gasteiger partial charge is 0.345 e. The Hall–Kier alpha value is -2.48. The second-order valence-corrected chi connectivity index (χ2v) is 3.91. The highest BCUT2D eigenvalue weighted by Gasteiger charge is 2.12. The molecular formula is C11H12N4O4. The lowest BCUT2D eigenvalue weighted by Gasteiger charge is -2.09. The first-order valence-electron chi connectivity index (χ1n) is 5.46. The van der Waals surface area contributed by atoms with Crippen molar-refractivity contribution in [3.63, 3.8) is 0 Å². The number of aromatic nitrogens is 4. The van der Waals surface area contributed by atoms with Gasteiger partial charge in [-0.05, 0) is 0 Å². The van der Waals surface area contributed by atoms with Crippen molar-refractivity contribution < 1.29 is 10.1 Å². The summed E-state index contributed by atoms with van der Waals surface area (Å²) in [4.78, 5) is 36.0. The van der Waals surface area contributed by atoms with Gasteiger partial charge in [-0.25, -0.2) is 20.0 Å². The van der Waals surface area contributed by atoms with Gasteiger partial charge in [0.1, 0.15) is 5.76 Å². The highest BCUT2D eigenvalue weighted by atomic mass is 17.1. The summed E-state index contributed by atoms with van der Waals surface area (Å²) in [5.41, 5.74) is -0.702. The summed E-state index contributed by atoms with van der Waals surface area (Å²) in [7, 11) is 1.51. The molecule has 2 rings (SSSR count). The number of hydrogen-bond acceptors (Lipinski definition) is 6. The fourth-order valence-corrected chi connectivity index (χ4v) is 1.69. The van der Waals surface area contributed by atoms with Crippen molar-refractivity contribution in [1.82, 2.24) is 19.1 Å². The van der Waals surface area contributed by atoms with Crippen molar-refractivity contribution >= 4 is 11.2 Å². The van der Waals surface area contributed by atoms with Crippen LogP contribution in [-0.4, -0.2) is 24.4 Å².